The molecule has 0 unspecified atom stereocenters. The zero-order chi connectivity index (χ0) is 18.6. The molecule has 1 saturated carbocycles. The third kappa shape index (κ3) is 4.40. The van der Waals surface area contributed by atoms with Crippen LogP contribution in [0, 0.1) is 0 Å². The normalized spacial score (nSPS) is 19.2. The monoisotopic (exact) mass is 404 g/mol. The molecule has 0 bridgehead atoms. The van der Waals surface area contributed by atoms with E-state index in [4.69, 9.17) is 4.98 Å². The molecule has 3 heterocycles. The van der Waals surface area contributed by atoms with E-state index in [0.717, 1.165) is 52.0 Å². The topological polar surface area (TPSA) is 58.1 Å². The molecule has 146 valence electrons. The van der Waals surface area contributed by atoms with E-state index in [-0.39, 0.29) is 5.91 Å². The van der Waals surface area contributed by atoms with Crippen molar-refractivity contribution in [2.45, 2.75) is 69.0 Å². The fourth-order valence-corrected chi connectivity index (χ4v) is 5.46. The second kappa shape index (κ2) is 8.78. The Kier molecular flexibility index (Phi) is 6.18. The molecule has 0 aromatic carbocycles. The van der Waals surface area contributed by atoms with E-state index >= 15 is 0 Å². The SMILES string of the molecule is CSc1nc(N2CCCCC2)c2cc(C(=O)NC3CCCCCC3)sc2n1. The summed E-state index contributed by atoms with van der Waals surface area (Å²) in [5, 5.41) is 5.09. The first-order chi connectivity index (χ1) is 13.2. The van der Waals surface area contributed by atoms with Crippen LogP contribution in [0.5, 0.6) is 0 Å². The van der Waals surface area contributed by atoms with Crippen molar-refractivity contribution >= 4 is 45.0 Å². The lowest BCUT2D eigenvalue weighted by Crippen LogP contribution is -2.33. The van der Waals surface area contributed by atoms with Crippen molar-refractivity contribution < 1.29 is 4.79 Å². The smallest absolute Gasteiger partial charge is 0.261 e. The maximum absolute atomic E-state index is 12.9. The number of nitrogens with zero attached hydrogens (tertiary/aromatic N) is 3. The Labute approximate surface area is 169 Å². The summed E-state index contributed by atoms with van der Waals surface area (Å²) in [6.45, 7) is 2.08. The summed E-state index contributed by atoms with van der Waals surface area (Å²) in [4.78, 5) is 26.4. The lowest BCUT2D eigenvalue weighted by Gasteiger charge is -2.28. The molecule has 2 aromatic heterocycles. The Morgan fingerprint density at radius 3 is 2.52 bits per heavy atom. The number of carbonyl (C=O) groups is 1. The predicted octanol–water partition coefficient (Wildman–Crippen LogP) is 4.86. The number of nitrogens with one attached hydrogen (secondary N) is 1. The molecule has 5 nitrogen and oxygen atoms in total. The molecule has 0 radical (unpaired) electrons. The van der Waals surface area contributed by atoms with Crippen molar-refractivity contribution in [2.75, 3.05) is 24.2 Å². The summed E-state index contributed by atoms with van der Waals surface area (Å²) < 4.78 is 0. The zero-order valence-electron chi connectivity index (χ0n) is 16.0. The zero-order valence-corrected chi connectivity index (χ0v) is 17.6. The van der Waals surface area contributed by atoms with E-state index in [9.17, 15) is 4.79 Å². The molecule has 1 saturated heterocycles. The average Bonchev–Trinajstić information content (AvgIpc) is 2.98. The van der Waals surface area contributed by atoms with Crippen molar-refractivity contribution in [3.63, 3.8) is 0 Å². The summed E-state index contributed by atoms with van der Waals surface area (Å²) in [5.41, 5.74) is 0. The number of rotatable bonds is 4. The highest BCUT2D eigenvalue weighted by Gasteiger charge is 2.22. The molecule has 1 N–H and O–H groups in total. The Balaban J connectivity index is 1.61. The number of thiophene rings is 1. The van der Waals surface area contributed by atoms with Gasteiger partial charge in [0, 0.05) is 19.1 Å². The summed E-state index contributed by atoms with van der Waals surface area (Å²) in [7, 11) is 0. The molecule has 2 fully saturated rings. The van der Waals surface area contributed by atoms with Crippen LogP contribution >= 0.6 is 23.1 Å². The van der Waals surface area contributed by atoms with E-state index in [1.807, 2.05) is 12.3 Å². The first kappa shape index (κ1) is 19.0. The number of thioether (sulfide) groups is 1. The van der Waals surface area contributed by atoms with E-state index in [0.29, 0.717) is 6.04 Å². The van der Waals surface area contributed by atoms with Gasteiger partial charge in [-0.25, -0.2) is 9.97 Å². The van der Waals surface area contributed by atoms with Crippen molar-refractivity contribution in [1.29, 1.82) is 0 Å². The predicted molar refractivity (Wildman–Crippen MR) is 114 cm³/mol. The number of carbonyl (C=O) groups excluding carboxylic acids is 1. The first-order valence-electron chi connectivity index (χ1n) is 10.2. The van der Waals surface area contributed by atoms with Crippen molar-refractivity contribution in [3.05, 3.63) is 10.9 Å². The lowest BCUT2D eigenvalue weighted by molar-refractivity contribution is 0.0937. The molecule has 1 amide bonds. The van der Waals surface area contributed by atoms with Crippen molar-refractivity contribution in [1.82, 2.24) is 15.3 Å². The number of piperidine rings is 1. The number of hydrogen-bond acceptors (Lipinski definition) is 6. The summed E-state index contributed by atoms with van der Waals surface area (Å²) in [6.07, 6.45) is 12.9. The standard InChI is InChI=1S/C20H28N4OS2/c1-26-20-22-17(24-11-7-4-8-12-24)15-13-16(27-19(15)23-20)18(25)21-14-9-5-2-3-6-10-14/h13-14H,2-12H2,1H3,(H,21,25). The van der Waals surface area contributed by atoms with Crippen molar-refractivity contribution in [3.8, 4) is 0 Å². The van der Waals surface area contributed by atoms with E-state index in [1.165, 1.54) is 56.3 Å². The van der Waals surface area contributed by atoms with Gasteiger partial charge in [-0.1, -0.05) is 37.4 Å². The number of fused-ring (bicyclic) bond motifs is 1. The van der Waals surface area contributed by atoms with Crippen LogP contribution in [0.15, 0.2) is 11.2 Å². The molecule has 27 heavy (non-hydrogen) atoms. The largest absolute Gasteiger partial charge is 0.356 e. The van der Waals surface area contributed by atoms with Gasteiger partial charge in [-0.05, 0) is 44.4 Å². The van der Waals surface area contributed by atoms with Crippen LogP contribution in [0.1, 0.15) is 67.5 Å². The Morgan fingerprint density at radius 1 is 1.11 bits per heavy atom. The van der Waals surface area contributed by atoms with Gasteiger partial charge in [0.05, 0.1) is 10.3 Å². The minimum atomic E-state index is 0.0557. The fraction of sp³-hybridized carbons (Fsp3) is 0.650. The fourth-order valence-electron chi connectivity index (χ4n) is 4.12. The Hall–Kier alpha value is -1.34. The second-order valence-corrected chi connectivity index (χ2v) is 9.38. The van der Waals surface area contributed by atoms with E-state index in [2.05, 4.69) is 15.2 Å². The molecule has 2 aliphatic rings. The molecule has 4 rings (SSSR count). The average molecular weight is 405 g/mol. The molecule has 0 spiro atoms. The van der Waals surface area contributed by atoms with Crippen molar-refractivity contribution in [2.24, 2.45) is 0 Å². The van der Waals surface area contributed by atoms with Crippen LogP contribution in [-0.2, 0) is 0 Å². The van der Waals surface area contributed by atoms with Gasteiger partial charge in [-0.3, -0.25) is 4.79 Å². The molecule has 7 heteroatoms. The van der Waals surface area contributed by atoms with E-state index < -0.39 is 0 Å². The third-order valence-corrected chi connectivity index (χ3v) is 7.18. The number of anilines is 1. The van der Waals surface area contributed by atoms with Gasteiger partial charge in [0.25, 0.3) is 5.91 Å². The number of amides is 1. The van der Waals surface area contributed by atoms with Gasteiger partial charge in [0.1, 0.15) is 10.6 Å². The number of aromatic nitrogens is 2. The quantitative estimate of drug-likeness (QED) is 0.448. The summed E-state index contributed by atoms with van der Waals surface area (Å²) in [5.74, 6) is 1.06. The Morgan fingerprint density at radius 2 is 1.81 bits per heavy atom. The summed E-state index contributed by atoms with van der Waals surface area (Å²) in [6, 6.07) is 2.33. The molecule has 1 aliphatic heterocycles. The van der Waals surface area contributed by atoms with Gasteiger partial charge in [0.2, 0.25) is 0 Å². The maximum atomic E-state index is 12.9. The molecule has 0 atom stereocenters. The molecular formula is C20H28N4OS2. The molecule has 2 aromatic rings. The van der Waals surface area contributed by atoms with Crippen LogP contribution in [0.3, 0.4) is 0 Å². The van der Waals surface area contributed by atoms with Gasteiger partial charge >= 0.3 is 0 Å². The minimum absolute atomic E-state index is 0.0557. The Bertz CT molecular complexity index is 793. The minimum Gasteiger partial charge on any atom is -0.356 e. The number of hydrogen-bond donors (Lipinski definition) is 1. The highest BCUT2D eigenvalue weighted by molar-refractivity contribution is 7.98. The van der Waals surface area contributed by atoms with Gasteiger partial charge in [0.15, 0.2) is 5.16 Å². The van der Waals surface area contributed by atoms with Crippen LogP contribution < -0.4 is 10.2 Å². The third-order valence-electron chi connectivity index (χ3n) is 5.60. The van der Waals surface area contributed by atoms with Crippen LogP contribution in [0.4, 0.5) is 5.82 Å². The molecule has 1 aliphatic carbocycles. The van der Waals surface area contributed by atoms with Gasteiger partial charge < -0.3 is 10.2 Å². The van der Waals surface area contributed by atoms with Gasteiger partial charge in [-0.15, -0.1) is 11.3 Å². The van der Waals surface area contributed by atoms with Crippen LogP contribution in [0.25, 0.3) is 10.2 Å². The lowest BCUT2D eigenvalue weighted by atomic mass is 10.1. The van der Waals surface area contributed by atoms with Crippen LogP contribution in [0.2, 0.25) is 0 Å². The summed E-state index contributed by atoms with van der Waals surface area (Å²) >= 11 is 3.07. The van der Waals surface area contributed by atoms with Crippen LogP contribution in [-0.4, -0.2) is 41.3 Å². The maximum Gasteiger partial charge on any atom is 0.261 e. The van der Waals surface area contributed by atoms with E-state index in [1.54, 1.807) is 11.8 Å². The highest BCUT2D eigenvalue weighted by atomic mass is 32.2. The highest BCUT2D eigenvalue weighted by Crippen LogP contribution is 2.34. The first-order valence-corrected chi connectivity index (χ1v) is 12.2. The second-order valence-electron chi connectivity index (χ2n) is 7.57. The molecular weight excluding hydrogens is 376 g/mol. The van der Waals surface area contributed by atoms with Gasteiger partial charge in [-0.2, -0.15) is 0 Å².